The summed E-state index contributed by atoms with van der Waals surface area (Å²) in [6, 6.07) is 0. The molecule has 0 amide bonds. The molecule has 0 radical (unpaired) electrons. The van der Waals surface area contributed by atoms with E-state index in [9.17, 15) is 18.0 Å². The number of ether oxygens (including phenoxy) is 1. The van der Waals surface area contributed by atoms with Crippen LogP contribution >= 0.6 is 0 Å². The summed E-state index contributed by atoms with van der Waals surface area (Å²) in [5.41, 5.74) is -1.77. The topological polar surface area (TPSA) is 61.9 Å². The molecule has 0 aromatic carbocycles. The summed E-state index contributed by atoms with van der Waals surface area (Å²) < 4.78 is 48.1. The van der Waals surface area contributed by atoms with Gasteiger partial charge in [-0.2, -0.15) is 27.9 Å². The van der Waals surface area contributed by atoms with Gasteiger partial charge in [0, 0.05) is 7.05 Å². The minimum atomic E-state index is -1.61. The predicted molar refractivity (Wildman–Crippen MR) is 67.0 cm³/mol. The second-order valence-electron chi connectivity index (χ2n) is 4.65. The summed E-state index contributed by atoms with van der Waals surface area (Å²) in [4.78, 5) is 15.0. The van der Waals surface area contributed by atoms with Crippen LogP contribution in [0.2, 0.25) is 0 Å². The van der Waals surface area contributed by atoms with Crippen LogP contribution < -0.4 is 10.4 Å². The lowest BCUT2D eigenvalue weighted by Crippen LogP contribution is -2.25. The van der Waals surface area contributed by atoms with E-state index >= 15 is 0 Å². The van der Waals surface area contributed by atoms with Gasteiger partial charge in [0.1, 0.15) is 5.82 Å². The number of hydrogen-bond acceptors (Lipinski definition) is 4. The Bertz CT molecular complexity index is 752. The van der Waals surface area contributed by atoms with E-state index in [4.69, 9.17) is 4.74 Å². The lowest BCUT2D eigenvalue weighted by molar-refractivity contribution is 0.215. The van der Waals surface area contributed by atoms with Crippen LogP contribution in [0, 0.1) is 24.5 Å². The second kappa shape index (κ2) is 5.23. The zero-order valence-electron chi connectivity index (χ0n) is 11.8. The summed E-state index contributed by atoms with van der Waals surface area (Å²) in [6.45, 7) is 4.61. The summed E-state index contributed by atoms with van der Waals surface area (Å²) in [5.74, 6) is -4.99. The highest BCUT2D eigenvalue weighted by Gasteiger charge is 2.26. The molecule has 21 heavy (non-hydrogen) atoms. The van der Waals surface area contributed by atoms with E-state index in [1.54, 1.807) is 13.8 Å². The van der Waals surface area contributed by atoms with E-state index < -0.39 is 40.9 Å². The first kappa shape index (κ1) is 15.1. The lowest BCUT2D eigenvalue weighted by Gasteiger charge is -2.12. The zero-order chi connectivity index (χ0) is 15.9. The third kappa shape index (κ3) is 2.50. The number of nitrogens with zero attached hydrogens (tertiary/aromatic N) is 4. The van der Waals surface area contributed by atoms with Crippen LogP contribution in [-0.2, 0) is 7.05 Å². The average Bonchev–Trinajstić information content (AvgIpc) is 2.64. The molecule has 9 heteroatoms. The summed E-state index contributed by atoms with van der Waals surface area (Å²) in [7, 11) is 1.38. The van der Waals surface area contributed by atoms with Gasteiger partial charge in [-0.25, -0.2) is 4.79 Å². The van der Waals surface area contributed by atoms with Gasteiger partial charge < -0.3 is 4.74 Å². The van der Waals surface area contributed by atoms with Gasteiger partial charge in [-0.3, -0.25) is 4.57 Å². The Morgan fingerprint density at radius 1 is 1.19 bits per heavy atom. The first-order valence-corrected chi connectivity index (χ1v) is 6.08. The van der Waals surface area contributed by atoms with E-state index in [2.05, 4.69) is 10.1 Å². The molecule has 2 heterocycles. The van der Waals surface area contributed by atoms with Gasteiger partial charge in [0.15, 0.2) is 5.69 Å². The molecule has 0 unspecified atom stereocenters. The monoisotopic (exact) mass is 302 g/mol. The van der Waals surface area contributed by atoms with Crippen molar-refractivity contribution in [3.05, 3.63) is 33.9 Å². The summed E-state index contributed by atoms with van der Waals surface area (Å²) in [5, 5.41) is 3.70. The first-order valence-electron chi connectivity index (χ1n) is 6.08. The number of pyridine rings is 1. The maximum atomic E-state index is 14.3. The third-order valence-corrected chi connectivity index (χ3v) is 2.74. The van der Waals surface area contributed by atoms with Crippen molar-refractivity contribution in [2.24, 2.45) is 7.05 Å². The van der Waals surface area contributed by atoms with Crippen molar-refractivity contribution in [3.8, 4) is 11.6 Å². The van der Waals surface area contributed by atoms with Gasteiger partial charge in [0.05, 0.1) is 6.10 Å². The van der Waals surface area contributed by atoms with Crippen molar-refractivity contribution in [1.82, 2.24) is 19.3 Å². The van der Waals surface area contributed by atoms with Gasteiger partial charge in [-0.05, 0) is 20.8 Å². The highest BCUT2D eigenvalue weighted by molar-refractivity contribution is 5.38. The van der Waals surface area contributed by atoms with Crippen LogP contribution in [0.4, 0.5) is 13.2 Å². The van der Waals surface area contributed by atoms with Gasteiger partial charge in [0.2, 0.25) is 11.6 Å². The average molecular weight is 302 g/mol. The highest BCUT2D eigenvalue weighted by atomic mass is 19.2. The van der Waals surface area contributed by atoms with E-state index in [1.165, 1.54) is 14.0 Å². The normalized spacial score (nSPS) is 11.2. The molecule has 0 aliphatic heterocycles. The van der Waals surface area contributed by atoms with Crippen molar-refractivity contribution >= 4 is 0 Å². The quantitative estimate of drug-likeness (QED) is 0.806. The zero-order valence-corrected chi connectivity index (χ0v) is 11.8. The summed E-state index contributed by atoms with van der Waals surface area (Å²) in [6.07, 6.45) is -0.507. The SMILES string of the molecule is Cc1nn(-c2c(F)c(F)nc(OC(C)C)c2F)c(=O)n1C. The summed E-state index contributed by atoms with van der Waals surface area (Å²) >= 11 is 0. The van der Waals surface area contributed by atoms with E-state index in [0.29, 0.717) is 4.68 Å². The molecule has 0 bridgehead atoms. The molecule has 0 fully saturated rings. The first-order chi connectivity index (χ1) is 9.73. The lowest BCUT2D eigenvalue weighted by atomic mass is 10.3. The minimum Gasteiger partial charge on any atom is -0.473 e. The smallest absolute Gasteiger partial charge is 0.350 e. The van der Waals surface area contributed by atoms with Crippen molar-refractivity contribution in [3.63, 3.8) is 0 Å². The molecule has 2 aromatic heterocycles. The molecule has 114 valence electrons. The minimum absolute atomic E-state index is 0.211. The fourth-order valence-corrected chi connectivity index (χ4v) is 1.65. The Balaban J connectivity index is 2.76. The number of aromatic nitrogens is 4. The Morgan fingerprint density at radius 2 is 1.81 bits per heavy atom. The molecule has 6 nitrogen and oxygen atoms in total. The van der Waals surface area contributed by atoms with Gasteiger partial charge >= 0.3 is 5.69 Å². The molecule has 0 saturated heterocycles. The largest absolute Gasteiger partial charge is 0.473 e. The molecule has 0 N–H and O–H groups in total. The Labute approximate surface area is 117 Å². The van der Waals surface area contributed by atoms with Crippen molar-refractivity contribution in [2.45, 2.75) is 26.9 Å². The number of hydrogen-bond donors (Lipinski definition) is 0. The molecular formula is C12H13F3N4O2. The molecule has 0 saturated carbocycles. The van der Waals surface area contributed by atoms with Crippen LogP contribution in [0.1, 0.15) is 19.7 Å². The maximum Gasteiger partial charge on any atom is 0.350 e. The van der Waals surface area contributed by atoms with E-state index in [1.807, 2.05) is 0 Å². The third-order valence-electron chi connectivity index (χ3n) is 2.74. The van der Waals surface area contributed by atoms with Gasteiger partial charge in [-0.1, -0.05) is 0 Å². The van der Waals surface area contributed by atoms with Crippen LogP contribution in [-0.4, -0.2) is 25.4 Å². The fourth-order valence-electron chi connectivity index (χ4n) is 1.65. The molecular weight excluding hydrogens is 289 g/mol. The molecule has 2 rings (SSSR count). The molecule has 0 aliphatic carbocycles. The molecule has 0 aliphatic rings. The highest BCUT2D eigenvalue weighted by Crippen LogP contribution is 2.25. The van der Waals surface area contributed by atoms with E-state index in [-0.39, 0.29) is 5.82 Å². The van der Waals surface area contributed by atoms with Crippen molar-refractivity contribution < 1.29 is 17.9 Å². The fraction of sp³-hybridized carbons (Fsp3) is 0.417. The van der Waals surface area contributed by atoms with Crippen LogP contribution in [0.15, 0.2) is 4.79 Å². The van der Waals surface area contributed by atoms with Crippen LogP contribution in [0.3, 0.4) is 0 Å². The van der Waals surface area contributed by atoms with Crippen molar-refractivity contribution in [1.29, 1.82) is 0 Å². The van der Waals surface area contributed by atoms with Crippen LogP contribution in [0.5, 0.6) is 5.88 Å². The van der Waals surface area contributed by atoms with Gasteiger partial charge in [-0.15, -0.1) is 0 Å². The Kier molecular flexibility index (Phi) is 3.75. The predicted octanol–water partition coefficient (Wildman–Crippen LogP) is 1.48. The second-order valence-corrected chi connectivity index (χ2v) is 4.65. The standard InChI is InChI=1S/C12H13F3N4O2/c1-5(2)21-11-8(14)9(7(13)10(15)16-11)19-12(20)18(4)6(3)17-19/h5H,1-4H3. The molecule has 0 atom stereocenters. The van der Waals surface area contributed by atoms with E-state index in [0.717, 1.165) is 4.57 Å². The van der Waals surface area contributed by atoms with Crippen LogP contribution in [0.25, 0.3) is 5.69 Å². The Hall–Kier alpha value is -2.32. The molecule has 2 aromatic rings. The maximum absolute atomic E-state index is 14.3. The Morgan fingerprint density at radius 3 is 2.29 bits per heavy atom. The van der Waals surface area contributed by atoms with Gasteiger partial charge in [0.25, 0.3) is 11.8 Å². The number of rotatable bonds is 3. The number of aryl methyl sites for hydroxylation is 1. The molecule has 0 spiro atoms. The number of halogens is 3. The van der Waals surface area contributed by atoms with Crippen molar-refractivity contribution in [2.75, 3.05) is 0 Å².